The molecule has 1 aromatic heterocycles. The first kappa shape index (κ1) is 13.8. The zero-order valence-corrected chi connectivity index (χ0v) is 10.5. The fraction of sp³-hybridized carbons (Fsp3) is 0.154. The first-order valence-corrected chi connectivity index (χ1v) is 5.84. The first-order chi connectivity index (χ1) is 9.65. The number of nitrogens with zero attached hydrogens (tertiary/aromatic N) is 2. The third-order valence-corrected chi connectivity index (χ3v) is 2.36. The molecule has 20 heavy (non-hydrogen) atoms. The van der Waals surface area contributed by atoms with Gasteiger partial charge in [0.2, 0.25) is 5.91 Å². The molecule has 2 aromatic rings. The van der Waals surface area contributed by atoms with E-state index in [1.807, 2.05) is 6.07 Å². The fourth-order valence-corrected chi connectivity index (χ4v) is 1.58. The Labute approximate surface area is 114 Å². The number of aromatic nitrogens is 2. The molecular formula is C13H13N3O4. The number of hydrogen-bond donors (Lipinski definition) is 2. The highest BCUT2D eigenvalue weighted by molar-refractivity contribution is 5.92. The van der Waals surface area contributed by atoms with Crippen LogP contribution < -0.4 is 5.32 Å². The van der Waals surface area contributed by atoms with E-state index in [0.29, 0.717) is 5.69 Å². The quantitative estimate of drug-likeness (QED) is 0.817. The van der Waals surface area contributed by atoms with E-state index < -0.39 is 18.5 Å². The highest BCUT2D eigenvalue weighted by Gasteiger charge is 2.05. The van der Waals surface area contributed by atoms with Gasteiger partial charge in [0.05, 0.1) is 5.69 Å². The monoisotopic (exact) mass is 275 g/mol. The molecule has 1 aromatic carbocycles. The molecule has 0 bridgehead atoms. The molecule has 2 rings (SSSR count). The van der Waals surface area contributed by atoms with Gasteiger partial charge in [-0.05, 0) is 24.3 Å². The third-order valence-electron chi connectivity index (χ3n) is 2.36. The van der Waals surface area contributed by atoms with Crippen molar-refractivity contribution in [1.82, 2.24) is 9.78 Å². The third kappa shape index (κ3) is 3.92. The first-order valence-electron chi connectivity index (χ1n) is 5.84. The van der Waals surface area contributed by atoms with Gasteiger partial charge in [0.25, 0.3) is 0 Å². The summed E-state index contributed by atoms with van der Waals surface area (Å²) in [6.45, 7) is -0.807. The van der Waals surface area contributed by atoms with Crippen molar-refractivity contribution in [2.45, 2.75) is 0 Å². The minimum absolute atomic E-state index is 0.307. The van der Waals surface area contributed by atoms with Crippen molar-refractivity contribution in [1.29, 1.82) is 0 Å². The van der Waals surface area contributed by atoms with Crippen LogP contribution in [0.1, 0.15) is 0 Å². The zero-order valence-electron chi connectivity index (χ0n) is 10.5. The Kier molecular flexibility index (Phi) is 4.46. The minimum atomic E-state index is -1.11. The number of anilines is 1. The van der Waals surface area contributed by atoms with E-state index in [0.717, 1.165) is 5.69 Å². The Bertz CT molecular complexity index is 595. The number of carboxylic acid groups (broad SMARTS) is 1. The number of carboxylic acids is 1. The van der Waals surface area contributed by atoms with E-state index in [9.17, 15) is 9.59 Å². The number of nitrogens with one attached hydrogen (secondary N) is 1. The molecule has 0 fully saturated rings. The number of benzene rings is 1. The molecule has 0 aliphatic heterocycles. The Balaban J connectivity index is 1.94. The van der Waals surface area contributed by atoms with E-state index in [1.54, 1.807) is 41.3 Å². The maximum Gasteiger partial charge on any atom is 0.329 e. The van der Waals surface area contributed by atoms with Crippen LogP contribution in [0.3, 0.4) is 0 Å². The van der Waals surface area contributed by atoms with Crippen LogP contribution in [-0.2, 0) is 14.3 Å². The molecule has 1 heterocycles. The van der Waals surface area contributed by atoms with Crippen LogP contribution in [0, 0.1) is 0 Å². The summed E-state index contributed by atoms with van der Waals surface area (Å²) in [5, 5.41) is 15.1. The lowest BCUT2D eigenvalue weighted by atomic mass is 10.3. The molecule has 0 saturated heterocycles. The summed E-state index contributed by atoms with van der Waals surface area (Å²) in [6.07, 6.45) is 3.45. The summed E-state index contributed by atoms with van der Waals surface area (Å²) in [5.74, 6) is -1.53. The second-order valence-corrected chi connectivity index (χ2v) is 3.94. The van der Waals surface area contributed by atoms with Gasteiger partial charge in [-0.1, -0.05) is 6.07 Å². The van der Waals surface area contributed by atoms with Crippen molar-refractivity contribution >= 4 is 17.6 Å². The Morgan fingerprint density at radius 1 is 1.30 bits per heavy atom. The van der Waals surface area contributed by atoms with Crippen LogP contribution in [0.25, 0.3) is 5.69 Å². The highest BCUT2D eigenvalue weighted by Crippen LogP contribution is 2.13. The SMILES string of the molecule is O=C(O)COCC(=O)Nc1cccc(-n2cccn2)c1. The smallest absolute Gasteiger partial charge is 0.329 e. The number of rotatable bonds is 6. The van der Waals surface area contributed by atoms with Crippen molar-refractivity contribution < 1.29 is 19.4 Å². The molecule has 0 aliphatic rings. The maximum absolute atomic E-state index is 11.5. The summed E-state index contributed by atoms with van der Waals surface area (Å²) >= 11 is 0. The minimum Gasteiger partial charge on any atom is -0.480 e. The van der Waals surface area contributed by atoms with Crippen molar-refractivity contribution in [2.24, 2.45) is 0 Å². The van der Waals surface area contributed by atoms with E-state index in [4.69, 9.17) is 9.84 Å². The van der Waals surface area contributed by atoms with Crippen molar-refractivity contribution in [3.8, 4) is 5.69 Å². The van der Waals surface area contributed by atoms with E-state index in [2.05, 4.69) is 10.4 Å². The number of amides is 1. The van der Waals surface area contributed by atoms with Crippen LogP contribution in [0.15, 0.2) is 42.7 Å². The van der Waals surface area contributed by atoms with Crippen LogP contribution in [0.4, 0.5) is 5.69 Å². The topological polar surface area (TPSA) is 93.5 Å². The van der Waals surface area contributed by atoms with Crippen molar-refractivity contribution in [3.05, 3.63) is 42.7 Å². The second kappa shape index (κ2) is 6.48. The highest BCUT2D eigenvalue weighted by atomic mass is 16.5. The number of carbonyl (C=O) groups is 2. The largest absolute Gasteiger partial charge is 0.480 e. The summed E-state index contributed by atoms with van der Waals surface area (Å²) in [7, 11) is 0. The average Bonchev–Trinajstić information content (AvgIpc) is 2.92. The molecule has 0 saturated carbocycles. The van der Waals surface area contributed by atoms with Crippen LogP contribution in [0.5, 0.6) is 0 Å². The predicted molar refractivity (Wildman–Crippen MR) is 70.6 cm³/mol. The molecule has 0 spiro atoms. The van der Waals surface area contributed by atoms with Gasteiger partial charge in [0.15, 0.2) is 0 Å². The second-order valence-electron chi connectivity index (χ2n) is 3.94. The van der Waals surface area contributed by atoms with Gasteiger partial charge < -0.3 is 15.2 Å². The van der Waals surface area contributed by atoms with Gasteiger partial charge in [0.1, 0.15) is 13.2 Å². The standard InChI is InChI=1S/C13H13N3O4/c17-12(8-20-9-13(18)19)15-10-3-1-4-11(7-10)16-6-2-5-14-16/h1-7H,8-9H2,(H,15,17)(H,18,19). The Morgan fingerprint density at radius 2 is 2.15 bits per heavy atom. The Hall–Kier alpha value is -2.67. The average molecular weight is 275 g/mol. The van der Waals surface area contributed by atoms with Crippen LogP contribution >= 0.6 is 0 Å². The van der Waals surface area contributed by atoms with Gasteiger partial charge >= 0.3 is 5.97 Å². The van der Waals surface area contributed by atoms with Crippen LogP contribution in [0.2, 0.25) is 0 Å². The molecule has 7 heteroatoms. The lowest BCUT2D eigenvalue weighted by Gasteiger charge is -2.07. The number of carbonyl (C=O) groups excluding carboxylic acids is 1. The van der Waals surface area contributed by atoms with Crippen molar-refractivity contribution in [3.63, 3.8) is 0 Å². The molecule has 1 amide bonds. The normalized spacial score (nSPS) is 10.2. The summed E-state index contributed by atoms with van der Waals surface area (Å²) in [5.41, 5.74) is 1.39. The van der Waals surface area contributed by atoms with Crippen molar-refractivity contribution in [2.75, 3.05) is 18.5 Å². The molecular weight excluding hydrogens is 262 g/mol. The fourth-order valence-electron chi connectivity index (χ4n) is 1.58. The molecule has 104 valence electrons. The maximum atomic E-state index is 11.5. The molecule has 0 atom stereocenters. The van der Waals surface area contributed by atoms with E-state index in [1.165, 1.54) is 0 Å². The van der Waals surface area contributed by atoms with Gasteiger partial charge in [-0.2, -0.15) is 5.10 Å². The zero-order chi connectivity index (χ0) is 14.4. The Morgan fingerprint density at radius 3 is 2.85 bits per heavy atom. The molecule has 0 aliphatic carbocycles. The summed E-state index contributed by atoms with van der Waals surface area (Å²) < 4.78 is 6.37. The molecule has 2 N–H and O–H groups in total. The van der Waals surface area contributed by atoms with E-state index in [-0.39, 0.29) is 6.61 Å². The van der Waals surface area contributed by atoms with Gasteiger partial charge in [-0.25, -0.2) is 9.48 Å². The molecule has 0 radical (unpaired) electrons. The number of aliphatic carboxylic acids is 1. The number of ether oxygens (including phenoxy) is 1. The van der Waals surface area contributed by atoms with Gasteiger partial charge in [-0.3, -0.25) is 4.79 Å². The van der Waals surface area contributed by atoms with Gasteiger partial charge in [-0.15, -0.1) is 0 Å². The lowest BCUT2D eigenvalue weighted by Crippen LogP contribution is -2.20. The van der Waals surface area contributed by atoms with Gasteiger partial charge in [0, 0.05) is 18.1 Å². The number of hydrogen-bond acceptors (Lipinski definition) is 4. The molecule has 7 nitrogen and oxygen atoms in total. The summed E-state index contributed by atoms with van der Waals surface area (Å²) in [6, 6.07) is 8.91. The molecule has 0 unspecified atom stereocenters. The summed E-state index contributed by atoms with van der Waals surface area (Å²) in [4.78, 5) is 21.8. The van der Waals surface area contributed by atoms with E-state index >= 15 is 0 Å². The van der Waals surface area contributed by atoms with Crippen LogP contribution in [-0.4, -0.2) is 40.0 Å². The lowest BCUT2D eigenvalue weighted by molar-refractivity contribution is -0.143. The predicted octanol–water partition coefficient (Wildman–Crippen LogP) is 0.912.